The highest BCUT2D eigenvalue weighted by Gasteiger charge is 2.29. The van der Waals surface area contributed by atoms with Gasteiger partial charge in [0.25, 0.3) is 0 Å². The molecule has 5 nitrogen and oxygen atoms in total. The number of nitrogens with one attached hydrogen (secondary N) is 2. The van der Waals surface area contributed by atoms with Crippen LogP contribution in [0, 0.1) is 5.92 Å². The molecule has 1 aliphatic heterocycles. The number of benzene rings is 2. The molecule has 1 aliphatic rings. The molecule has 6 heteroatoms. The summed E-state index contributed by atoms with van der Waals surface area (Å²) < 4.78 is 0.978. The van der Waals surface area contributed by atoms with Crippen molar-refractivity contribution in [2.75, 3.05) is 18.4 Å². The molecule has 2 aromatic carbocycles. The van der Waals surface area contributed by atoms with Gasteiger partial charge in [-0.05, 0) is 62.7 Å². The molecule has 0 aromatic heterocycles. The third-order valence-corrected chi connectivity index (χ3v) is 5.78. The number of nitrogens with zero attached hydrogens (tertiary/aromatic N) is 1. The molecule has 0 bridgehead atoms. The predicted molar refractivity (Wildman–Crippen MR) is 115 cm³/mol. The van der Waals surface area contributed by atoms with Crippen LogP contribution in [0.2, 0.25) is 0 Å². The minimum absolute atomic E-state index is 0.0155. The molecular weight excluding hydrogens is 418 g/mol. The Morgan fingerprint density at radius 3 is 2.36 bits per heavy atom. The number of halogens is 1. The molecule has 1 heterocycles. The van der Waals surface area contributed by atoms with Gasteiger partial charge < -0.3 is 10.6 Å². The Kier molecular flexibility index (Phi) is 7.23. The van der Waals surface area contributed by atoms with E-state index >= 15 is 0 Å². The zero-order valence-electron chi connectivity index (χ0n) is 16.0. The first-order valence-corrected chi connectivity index (χ1v) is 10.4. The summed E-state index contributed by atoms with van der Waals surface area (Å²) in [6.45, 7) is 3.98. The van der Waals surface area contributed by atoms with E-state index in [1.54, 1.807) is 0 Å². The molecular formula is C22H26BrN3O2. The van der Waals surface area contributed by atoms with Gasteiger partial charge in [0.15, 0.2) is 0 Å². The van der Waals surface area contributed by atoms with Gasteiger partial charge in [-0.2, -0.15) is 0 Å². The fraction of sp³-hybridized carbons (Fsp3) is 0.364. The van der Waals surface area contributed by atoms with Crippen molar-refractivity contribution < 1.29 is 9.59 Å². The van der Waals surface area contributed by atoms with Crippen LogP contribution in [0.1, 0.15) is 25.3 Å². The Balaban J connectivity index is 1.44. The van der Waals surface area contributed by atoms with E-state index in [0.29, 0.717) is 6.54 Å². The van der Waals surface area contributed by atoms with Gasteiger partial charge in [-0.3, -0.25) is 14.5 Å². The first kappa shape index (κ1) is 20.6. The second kappa shape index (κ2) is 9.85. The maximum absolute atomic E-state index is 12.5. The van der Waals surface area contributed by atoms with Crippen molar-refractivity contribution in [1.29, 1.82) is 0 Å². The number of carbonyl (C=O) groups is 2. The van der Waals surface area contributed by atoms with E-state index in [1.807, 2.05) is 61.5 Å². The lowest BCUT2D eigenvalue weighted by atomic mass is 9.94. The summed E-state index contributed by atoms with van der Waals surface area (Å²) in [5, 5.41) is 5.99. The molecule has 2 N–H and O–H groups in total. The van der Waals surface area contributed by atoms with Gasteiger partial charge in [0.05, 0.1) is 6.04 Å². The van der Waals surface area contributed by atoms with Crippen LogP contribution < -0.4 is 10.6 Å². The van der Waals surface area contributed by atoms with Crippen LogP contribution in [0.25, 0.3) is 0 Å². The van der Waals surface area contributed by atoms with Crippen molar-refractivity contribution in [1.82, 2.24) is 10.2 Å². The van der Waals surface area contributed by atoms with Crippen molar-refractivity contribution >= 4 is 33.4 Å². The highest BCUT2D eigenvalue weighted by Crippen LogP contribution is 2.20. The first-order chi connectivity index (χ1) is 13.5. The van der Waals surface area contributed by atoms with Crippen molar-refractivity contribution in [3.8, 4) is 0 Å². The summed E-state index contributed by atoms with van der Waals surface area (Å²) in [7, 11) is 0. The number of amides is 2. The van der Waals surface area contributed by atoms with E-state index in [4.69, 9.17) is 0 Å². The molecule has 1 unspecified atom stereocenters. The number of likely N-dealkylation sites (tertiary alicyclic amines) is 1. The lowest BCUT2D eigenvalue weighted by Crippen LogP contribution is -2.48. The molecule has 0 radical (unpaired) electrons. The average Bonchev–Trinajstić information content (AvgIpc) is 2.74. The van der Waals surface area contributed by atoms with Gasteiger partial charge in [0.2, 0.25) is 11.8 Å². The van der Waals surface area contributed by atoms with E-state index in [-0.39, 0.29) is 23.8 Å². The molecule has 0 spiro atoms. The number of hydrogen-bond acceptors (Lipinski definition) is 3. The third-order valence-electron chi connectivity index (χ3n) is 5.25. The summed E-state index contributed by atoms with van der Waals surface area (Å²) >= 11 is 3.39. The molecule has 1 fully saturated rings. The van der Waals surface area contributed by atoms with Gasteiger partial charge in [0.1, 0.15) is 0 Å². The van der Waals surface area contributed by atoms with Crippen LogP contribution >= 0.6 is 15.9 Å². The highest BCUT2D eigenvalue weighted by molar-refractivity contribution is 9.10. The Morgan fingerprint density at radius 2 is 1.71 bits per heavy atom. The highest BCUT2D eigenvalue weighted by atomic mass is 79.9. The fourth-order valence-electron chi connectivity index (χ4n) is 3.42. The summed E-state index contributed by atoms with van der Waals surface area (Å²) in [5.74, 6) is 0.103. The topological polar surface area (TPSA) is 61.4 Å². The number of hydrogen-bond donors (Lipinski definition) is 2. The van der Waals surface area contributed by atoms with Gasteiger partial charge in [-0.15, -0.1) is 0 Å². The minimum atomic E-state index is -0.225. The summed E-state index contributed by atoms with van der Waals surface area (Å²) in [4.78, 5) is 27.1. The van der Waals surface area contributed by atoms with Crippen molar-refractivity contribution in [3.05, 3.63) is 64.6 Å². The van der Waals surface area contributed by atoms with E-state index in [0.717, 1.165) is 41.7 Å². The second-order valence-corrected chi connectivity index (χ2v) is 8.10. The van der Waals surface area contributed by atoms with Crippen LogP contribution in [0.3, 0.4) is 0 Å². The average molecular weight is 444 g/mol. The van der Waals surface area contributed by atoms with Crippen LogP contribution in [-0.4, -0.2) is 35.8 Å². The standard InChI is InChI=1S/C22H26BrN3O2/c1-16(21(27)25-20-9-7-19(23)8-10-20)26-13-11-18(12-14-26)22(28)24-15-17-5-3-2-4-6-17/h2-10,16,18H,11-15H2,1H3,(H,24,28)(H,25,27). The summed E-state index contributed by atoms with van der Waals surface area (Å²) in [6, 6.07) is 17.3. The molecule has 2 aromatic rings. The number of carbonyl (C=O) groups excluding carboxylic acids is 2. The molecule has 1 atom stereocenters. The Morgan fingerprint density at radius 1 is 1.07 bits per heavy atom. The molecule has 2 amide bonds. The maximum atomic E-state index is 12.5. The van der Waals surface area contributed by atoms with Gasteiger partial charge in [-0.1, -0.05) is 46.3 Å². The van der Waals surface area contributed by atoms with Crippen LogP contribution in [0.5, 0.6) is 0 Å². The van der Waals surface area contributed by atoms with E-state index < -0.39 is 0 Å². The number of piperidine rings is 1. The number of anilines is 1. The van der Waals surface area contributed by atoms with Gasteiger partial charge >= 0.3 is 0 Å². The zero-order valence-corrected chi connectivity index (χ0v) is 17.6. The van der Waals surface area contributed by atoms with E-state index in [1.165, 1.54) is 0 Å². The summed E-state index contributed by atoms with van der Waals surface area (Å²) in [6.07, 6.45) is 1.55. The zero-order chi connectivity index (χ0) is 19.9. The van der Waals surface area contributed by atoms with Crippen LogP contribution in [0.15, 0.2) is 59.1 Å². The summed E-state index contributed by atoms with van der Waals surface area (Å²) in [5.41, 5.74) is 1.89. The normalized spacial score (nSPS) is 16.4. The lowest BCUT2D eigenvalue weighted by Gasteiger charge is -2.34. The largest absolute Gasteiger partial charge is 0.352 e. The second-order valence-electron chi connectivity index (χ2n) is 7.19. The Labute approximate surface area is 174 Å². The number of rotatable bonds is 6. The third kappa shape index (κ3) is 5.66. The van der Waals surface area contributed by atoms with E-state index in [9.17, 15) is 9.59 Å². The Hall–Kier alpha value is -2.18. The van der Waals surface area contributed by atoms with Gasteiger partial charge in [0, 0.05) is 22.6 Å². The monoisotopic (exact) mass is 443 g/mol. The fourth-order valence-corrected chi connectivity index (χ4v) is 3.69. The van der Waals surface area contributed by atoms with Gasteiger partial charge in [-0.25, -0.2) is 0 Å². The minimum Gasteiger partial charge on any atom is -0.352 e. The molecule has 0 aliphatic carbocycles. The van der Waals surface area contributed by atoms with Crippen molar-refractivity contribution in [2.45, 2.75) is 32.4 Å². The van der Waals surface area contributed by atoms with E-state index in [2.05, 4.69) is 31.5 Å². The van der Waals surface area contributed by atoms with Crippen molar-refractivity contribution in [3.63, 3.8) is 0 Å². The Bertz CT molecular complexity index is 787. The lowest BCUT2D eigenvalue weighted by molar-refractivity contribution is -0.127. The quantitative estimate of drug-likeness (QED) is 0.713. The molecule has 148 valence electrons. The first-order valence-electron chi connectivity index (χ1n) is 9.65. The molecule has 1 saturated heterocycles. The molecule has 28 heavy (non-hydrogen) atoms. The SMILES string of the molecule is CC(C(=O)Nc1ccc(Br)cc1)N1CCC(C(=O)NCc2ccccc2)CC1. The smallest absolute Gasteiger partial charge is 0.241 e. The van der Waals surface area contributed by atoms with Crippen molar-refractivity contribution in [2.24, 2.45) is 5.92 Å². The molecule has 3 rings (SSSR count). The predicted octanol–water partition coefficient (Wildman–Crippen LogP) is 3.80. The maximum Gasteiger partial charge on any atom is 0.241 e. The van der Waals surface area contributed by atoms with Crippen LogP contribution in [0.4, 0.5) is 5.69 Å². The molecule has 0 saturated carbocycles. The van der Waals surface area contributed by atoms with Crippen LogP contribution in [-0.2, 0) is 16.1 Å².